The van der Waals surface area contributed by atoms with Crippen molar-refractivity contribution in [3.05, 3.63) is 0 Å². The Morgan fingerprint density at radius 2 is 1.94 bits per heavy atom. The Morgan fingerprint density at radius 3 is 2.69 bits per heavy atom. The molecule has 2 saturated heterocycles. The second kappa shape index (κ2) is 4.39. The summed E-state index contributed by atoms with van der Waals surface area (Å²) >= 11 is 6.39. The highest BCUT2D eigenvalue weighted by atomic mass is 35.7. The van der Waals surface area contributed by atoms with Crippen molar-refractivity contribution < 1.29 is 4.52 Å². The average Bonchev–Trinajstić information content (AvgIpc) is 2.86. The van der Waals surface area contributed by atoms with Crippen LogP contribution in [0, 0.1) is 5.92 Å². The van der Waals surface area contributed by atoms with Crippen LogP contribution in [0.15, 0.2) is 0 Å². The lowest BCUT2D eigenvalue weighted by atomic mass is 9.74. The highest BCUT2D eigenvalue weighted by molar-refractivity contribution is 7.78. The fraction of sp³-hybridized carbons (Fsp3) is 1.00. The van der Waals surface area contributed by atoms with Crippen LogP contribution in [0.5, 0.6) is 0 Å². The van der Waals surface area contributed by atoms with E-state index in [-0.39, 0.29) is 5.60 Å². The van der Waals surface area contributed by atoms with Crippen LogP contribution >= 0.6 is 18.9 Å². The van der Waals surface area contributed by atoms with Crippen LogP contribution in [-0.4, -0.2) is 22.9 Å². The molecule has 0 N–H and O–H groups in total. The van der Waals surface area contributed by atoms with Gasteiger partial charge in [-0.2, -0.15) is 0 Å². The summed E-state index contributed by atoms with van der Waals surface area (Å²) in [5.74, 6) is 0.748. The first-order valence-electron chi connectivity index (χ1n) is 6.63. The molecule has 0 aromatic rings. The fourth-order valence-electron chi connectivity index (χ4n) is 3.82. The average molecular weight is 262 g/mol. The van der Waals surface area contributed by atoms with E-state index in [2.05, 4.69) is 11.6 Å². The van der Waals surface area contributed by atoms with Gasteiger partial charge in [0, 0.05) is 12.6 Å². The zero-order valence-electron chi connectivity index (χ0n) is 9.99. The maximum atomic E-state index is 6.39. The lowest BCUT2D eigenvalue weighted by Crippen LogP contribution is -2.46. The summed E-state index contributed by atoms with van der Waals surface area (Å²) in [4.78, 5) is 0. The minimum Gasteiger partial charge on any atom is -0.323 e. The molecule has 3 rings (SSSR count). The summed E-state index contributed by atoms with van der Waals surface area (Å²) in [6.45, 7) is 3.48. The van der Waals surface area contributed by atoms with Crippen molar-refractivity contribution in [1.29, 1.82) is 0 Å². The molecular formula is C12H21ClNOP. The molecule has 0 aromatic heterocycles. The molecule has 2 aliphatic heterocycles. The van der Waals surface area contributed by atoms with Gasteiger partial charge in [-0.3, -0.25) is 0 Å². The van der Waals surface area contributed by atoms with Crippen LogP contribution in [0.25, 0.3) is 0 Å². The number of fused-ring (bicyclic) bond motifs is 1. The van der Waals surface area contributed by atoms with Gasteiger partial charge in [0.2, 0.25) is 7.65 Å². The Hall–Kier alpha value is 0.640. The van der Waals surface area contributed by atoms with Crippen LogP contribution in [-0.2, 0) is 4.52 Å². The Kier molecular flexibility index (Phi) is 3.21. The van der Waals surface area contributed by atoms with Crippen LogP contribution in [0.1, 0.15) is 51.9 Å². The summed E-state index contributed by atoms with van der Waals surface area (Å²) < 4.78 is 8.65. The lowest BCUT2D eigenvalue weighted by Gasteiger charge is -2.39. The van der Waals surface area contributed by atoms with E-state index in [9.17, 15) is 0 Å². The van der Waals surface area contributed by atoms with Crippen molar-refractivity contribution in [2.24, 2.45) is 5.92 Å². The number of rotatable bonds is 1. The van der Waals surface area contributed by atoms with Crippen molar-refractivity contribution in [1.82, 2.24) is 4.67 Å². The summed E-state index contributed by atoms with van der Waals surface area (Å²) in [5, 5.41) is 0. The molecule has 0 bridgehead atoms. The normalized spacial score (nSPS) is 46.1. The second-order valence-corrected chi connectivity index (χ2v) is 7.67. The van der Waals surface area contributed by atoms with Crippen molar-refractivity contribution >= 4 is 18.9 Å². The van der Waals surface area contributed by atoms with Crippen LogP contribution < -0.4 is 0 Å². The maximum absolute atomic E-state index is 6.39. The van der Waals surface area contributed by atoms with E-state index in [1.807, 2.05) is 0 Å². The first-order chi connectivity index (χ1) is 7.72. The van der Waals surface area contributed by atoms with Crippen molar-refractivity contribution in [2.75, 3.05) is 6.54 Å². The van der Waals surface area contributed by atoms with E-state index < -0.39 is 7.65 Å². The molecule has 1 unspecified atom stereocenters. The second-order valence-electron chi connectivity index (χ2n) is 5.66. The molecule has 92 valence electrons. The minimum absolute atomic E-state index is 0.0599. The molecule has 0 amide bonds. The Balaban J connectivity index is 1.80. The molecule has 4 heteroatoms. The van der Waals surface area contributed by atoms with E-state index in [0.29, 0.717) is 6.04 Å². The minimum atomic E-state index is -0.813. The number of hydrogen-bond acceptors (Lipinski definition) is 2. The number of nitrogens with zero attached hydrogens (tertiary/aromatic N) is 1. The largest absolute Gasteiger partial charge is 0.323 e. The molecule has 3 aliphatic rings. The molecule has 1 aliphatic carbocycles. The quantitative estimate of drug-likeness (QED) is 0.653. The topological polar surface area (TPSA) is 12.5 Å². The molecule has 0 spiro atoms. The summed E-state index contributed by atoms with van der Waals surface area (Å²) in [6.07, 6.45) is 9.48. The molecule has 2 nitrogen and oxygen atoms in total. The van der Waals surface area contributed by atoms with Crippen LogP contribution in [0.3, 0.4) is 0 Å². The first-order valence-corrected chi connectivity index (χ1v) is 8.75. The van der Waals surface area contributed by atoms with Gasteiger partial charge in [-0.15, -0.1) is 0 Å². The monoisotopic (exact) mass is 261 g/mol. The van der Waals surface area contributed by atoms with E-state index >= 15 is 0 Å². The molecule has 3 fully saturated rings. The maximum Gasteiger partial charge on any atom is 0.207 e. The highest BCUT2D eigenvalue weighted by Gasteiger charge is 2.55. The SMILES string of the molecule is C[C@]1(C2CCCCC2)OP(Cl)N2CCC[C@H]21. The smallest absolute Gasteiger partial charge is 0.207 e. The highest BCUT2D eigenvalue weighted by Crippen LogP contribution is 2.64. The van der Waals surface area contributed by atoms with Gasteiger partial charge >= 0.3 is 0 Å². The molecule has 1 saturated carbocycles. The van der Waals surface area contributed by atoms with E-state index in [0.717, 1.165) is 12.5 Å². The standard InChI is InChI=1S/C12H21ClNOP/c1-12(10-6-3-2-4-7-10)11-8-5-9-14(11)16(13)15-12/h10-11H,2-9H2,1H3/t11-,12+,16?/m0/s1. The molecule has 3 atom stereocenters. The van der Waals surface area contributed by atoms with Gasteiger partial charge < -0.3 is 4.52 Å². The predicted molar refractivity (Wildman–Crippen MR) is 68.6 cm³/mol. The van der Waals surface area contributed by atoms with Gasteiger partial charge in [0.1, 0.15) is 0 Å². The lowest BCUT2D eigenvalue weighted by molar-refractivity contribution is 0.00785. The van der Waals surface area contributed by atoms with Crippen LogP contribution in [0.2, 0.25) is 0 Å². The zero-order valence-corrected chi connectivity index (χ0v) is 11.6. The Morgan fingerprint density at radius 1 is 1.19 bits per heavy atom. The third-order valence-corrected chi connectivity index (χ3v) is 6.99. The van der Waals surface area contributed by atoms with Crippen molar-refractivity contribution in [3.63, 3.8) is 0 Å². The molecular weight excluding hydrogens is 241 g/mol. The third-order valence-electron chi connectivity index (χ3n) is 4.78. The van der Waals surface area contributed by atoms with Crippen molar-refractivity contribution in [2.45, 2.75) is 63.5 Å². The van der Waals surface area contributed by atoms with Gasteiger partial charge in [-0.1, -0.05) is 19.3 Å². The molecule has 0 radical (unpaired) electrons. The van der Waals surface area contributed by atoms with Gasteiger partial charge in [0.25, 0.3) is 0 Å². The fourth-order valence-corrected chi connectivity index (χ4v) is 6.37. The van der Waals surface area contributed by atoms with E-state index in [1.54, 1.807) is 0 Å². The summed E-state index contributed by atoms with van der Waals surface area (Å²) in [6, 6.07) is 0.610. The third kappa shape index (κ3) is 1.73. The van der Waals surface area contributed by atoms with Crippen LogP contribution in [0.4, 0.5) is 0 Å². The number of hydrogen-bond donors (Lipinski definition) is 0. The zero-order chi connectivity index (χ0) is 11.2. The Bertz CT molecular complexity index is 272. The van der Waals surface area contributed by atoms with Gasteiger partial charge in [-0.05, 0) is 49.8 Å². The number of halogens is 1. The molecule has 16 heavy (non-hydrogen) atoms. The van der Waals surface area contributed by atoms with E-state index in [4.69, 9.17) is 15.8 Å². The van der Waals surface area contributed by atoms with Gasteiger partial charge in [0.15, 0.2) is 0 Å². The first kappa shape index (κ1) is 11.7. The van der Waals surface area contributed by atoms with Crippen molar-refractivity contribution in [3.8, 4) is 0 Å². The summed E-state index contributed by atoms with van der Waals surface area (Å²) in [5.41, 5.74) is 0.0599. The van der Waals surface area contributed by atoms with Gasteiger partial charge in [-0.25, -0.2) is 4.67 Å². The predicted octanol–water partition coefficient (Wildman–Crippen LogP) is 4.29. The Labute approximate surface area is 104 Å². The van der Waals surface area contributed by atoms with Gasteiger partial charge in [0.05, 0.1) is 5.60 Å². The van der Waals surface area contributed by atoms with E-state index in [1.165, 1.54) is 44.9 Å². The molecule has 0 aromatic carbocycles. The molecule has 2 heterocycles. The summed E-state index contributed by atoms with van der Waals surface area (Å²) in [7, 11) is -0.813.